The van der Waals surface area contributed by atoms with E-state index in [0.717, 1.165) is 77.9 Å². The van der Waals surface area contributed by atoms with Crippen molar-refractivity contribution < 1.29 is 9.47 Å². The predicted octanol–water partition coefficient (Wildman–Crippen LogP) is 3.33. The summed E-state index contributed by atoms with van der Waals surface area (Å²) in [7, 11) is 0. The fourth-order valence-corrected chi connectivity index (χ4v) is 5.65. The van der Waals surface area contributed by atoms with Crippen LogP contribution in [0.25, 0.3) is 5.57 Å². The highest BCUT2D eigenvalue weighted by atomic mass is 32.1. The molecule has 0 bridgehead atoms. The molecular formula is C20H20N4O2S2. The molecule has 2 aliphatic heterocycles. The molecule has 0 aliphatic carbocycles. The van der Waals surface area contributed by atoms with Gasteiger partial charge in [0.25, 0.3) is 0 Å². The minimum atomic E-state index is 0.158. The monoisotopic (exact) mass is 412 g/mol. The number of nitriles is 2. The van der Waals surface area contributed by atoms with Crippen LogP contribution in [0, 0.1) is 22.7 Å². The Kier molecular flexibility index (Phi) is 5.94. The molecule has 0 spiro atoms. The van der Waals surface area contributed by atoms with Crippen molar-refractivity contribution in [2.24, 2.45) is 0 Å². The van der Waals surface area contributed by atoms with Crippen molar-refractivity contribution >= 4 is 38.2 Å². The summed E-state index contributed by atoms with van der Waals surface area (Å²) in [5.41, 5.74) is 0.893. The van der Waals surface area contributed by atoms with E-state index in [4.69, 9.17) is 9.47 Å². The molecule has 2 fully saturated rings. The van der Waals surface area contributed by atoms with Crippen LogP contribution in [0.2, 0.25) is 0 Å². The van der Waals surface area contributed by atoms with Gasteiger partial charge in [-0.05, 0) is 24.3 Å². The Bertz CT molecular complexity index is 864. The minimum Gasteiger partial charge on any atom is -0.378 e. The third-order valence-electron chi connectivity index (χ3n) is 4.80. The number of thiophene rings is 2. The van der Waals surface area contributed by atoms with Crippen molar-refractivity contribution in [3.8, 4) is 12.1 Å². The summed E-state index contributed by atoms with van der Waals surface area (Å²) in [4.78, 5) is 6.49. The van der Waals surface area contributed by atoms with Gasteiger partial charge < -0.3 is 19.3 Å². The number of allylic oxidation sites excluding steroid dienone is 1. The fraction of sp³-hybridized carbons (Fsp3) is 0.400. The van der Waals surface area contributed by atoms with E-state index in [1.54, 1.807) is 22.7 Å². The molecule has 0 aromatic carbocycles. The van der Waals surface area contributed by atoms with Crippen LogP contribution in [0.5, 0.6) is 0 Å². The Morgan fingerprint density at radius 2 is 1.18 bits per heavy atom. The summed E-state index contributed by atoms with van der Waals surface area (Å²) in [6.45, 7) is 6.36. The average Bonchev–Trinajstić information content (AvgIpc) is 3.43. The van der Waals surface area contributed by atoms with E-state index in [-0.39, 0.29) is 5.57 Å². The third kappa shape index (κ3) is 3.91. The smallest absolute Gasteiger partial charge is 0.139 e. The fourth-order valence-electron chi connectivity index (χ4n) is 3.34. The molecule has 8 heteroatoms. The van der Waals surface area contributed by atoms with E-state index in [9.17, 15) is 10.5 Å². The minimum absolute atomic E-state index is 0.158. The van der Waals surface area contributed by atoms with Crippen LogP contribution in [0.4, 0.5) is 10.0 Å². The molecule has 0 saturated carbocycles. The molecular weight excluding hydrogens is 392 g/mol. The maximum absolute atomic E-state index is 9.56. The normalized spacial score (nSPS) is 17.1. The molecule has 2 aliphatic rings. The van der Waals surface area contributed by atoms with Gasteiger partial charge in [-0.15, -0.1) is 22.7 Å². The van der Waals surface area contributed by atoms with Crippen molar-refractivity contribution in [2.45, 2.75) is 0 Å². The van der Waals surface area contributed by atoms with Gasteiger partial charge in [-0.2, -0.15) is 10.5 Å². The lowest BCUT2D eigenvalue weighted by Gasteiger charge is -2.27. The number of hydrogen-bond donors (Lipinski definition) is 0. The van der Waals surface area contributed by atoms with E-state index in [1.807, 2.05) is 12.1 Å². The van der Waals surface area contributed by atoms with Gasteiger partial charge in [0.2, 0.25) is 0 Å². The second-order valence-electron chi connectivity index (χ2n) is 6.45. The predicted molar refractivity (Wildman–Crippen MR) is 112 cm³/mol. The third-order valence-corrected chi connectivity index (χ3v) is 7.12. The first-order chi connectivity index (χ1) is 13.8. The Balaban J connectivity index is 1.67. The Labute approximate surface area is 172 Å². The van der Waals surface area contributed by atoms with Crippen molar-refractivity contribution in [1.29, 1.82) is 10.5 Å². The lowest BCUT2D eigenvalue weighted by Crippen LogP contribution is -2.35. The molecule has 0 unspecified atom stereocenters. The summed E-state index contributed by atoms with van der Waals surface area (Å²) >= 11 is 3.26. The maximum Gasteiger partial charge on any atom is 0.139 e. The van der Waals surface area contributed by atoms with Gasteiger partial charge in [-0.25, -0.2) is 0 Å². The number of hydrogen-bond acceptors (Lipinski definition) is 8. The highest BCUT2D eigenvalue weighted by Crippen LogP contribution is 2.40. The maximum atomic E-state index is 9.56. The molecule has 4 heterocycles. The summed E-state index contributed by atoms with van der Waals surface area (Å²) in [6, 6.07) is 12.4. The zero-order chi connectivity index (χ0) is 19.3. The van der Waals surface area contributed by atoms with Crippen LogP contribution in [-0.2, 0) is 9.47 Å². The first kappa shape index (κ1) is 19.0. The van der Waals surface area contributed by atoms with Gasteiger partial charge in [-0.1, -0.05) is 0 Å². The SMILES string of the molecule is N#CC(C#N)=C(c1ccc(N2CCOCC2)s1)c1ccc(N2CCOCC2)s1. The van der Waals surface area contributed by atoms with Crippen molar-refractivity contribution in [3.05, 3.63) is 39.6 Å². The molecule has 0 amide bonds. The average molecular weight is 413 g/mol. The highest BCUT2D eigenvalue weighted by Gasteiger charge is 2.21. The Morgan fingerprint density at radius 3 is 1.57 bits per heavy atom. The first-order valence-electron chi connectivity index (χ1n) is 9.20. The highest BCUT2D eigenvalue weighted by molar-refractivity contribution is 7.19. The van der Waals surface area contributed by atoms with Gasteiger partial charge in [0.05, 0.1) is 36.4 Å². The molecule has 0 atom stereocenters. The Hall–Kier alpha value is -2.36. The van der Waals surface area contributed by atoms with Gasteiger partial charge >= 0.3 is 0 Å². The summed E-state index contributed by atoms with van der Waals surface area (Å²) in [6.07, 6.45) is 0. The van der Waals surface area contributed by atoms with Gasteiger partial charge in [-0.3, -0.25) is 0 Å². The van der Waals surface area contributed by atoms with Crippen LogP contribution in [0.1, 0.15) is 9.75 Å². The number of ether oxygens (including phenoxy) is 2. The summed E-state index contributed by atoms with van der Waals surface area (Å²) in [5.74, 6) is 0. The van der Waals surface area contributed by atoms with Crippen LogP contribution in [0.3, 0.4) is 0 Å². The molecule has 2 saturated heterocycles. The first-order valence-corrected chi connectivity index (χ1v) is 10.8. The van der Waals surface area contributed by atoms with Crippen LogP contribution >= 0.6 is 22.7 Å². The van der Waals surface area contributed by atoms with Crippen molar-refractivity contribution in [2.75, 3.05) is 62.4 Å². The van der Waals surface area contributed by atoms with E-state index < -0.39 is 0 Å². The molecule has 0 N–H and O–H groups in total. The quantitative estimate of drug-likeness (QED) is 0.718. The van der Waals surface area contributed by atoms with Gasteiger partial charge in [0.1, 0.15) is 17.7 Å². The molecule has 6 nitrogen and oxygen atoms in total. The van der Waals surface area contributed by atoms with Crippen molar-refractivity contribution in [3.63, 3.8) is 0 Å². The second kappa shape index (κ2) is 8.76. The Morgan fingerprint density at radius 1 is 0.750 bits per heavy atom. The van der Waals surface area contributed by atoms with E-state index in [1.165, 1.54) is 0 Å². The second-order valence-corrected chi connectivity index (χ2v) is 8.57. The van der Waals surface area contributed by atoms with Gasteiger partial charge in [0, 0.05) is 41.5 Å². The molecule has 28 heavy (non-hydrogen) atoms. The van der Waals surface area contributed by atoms with E-state index >= 15 is 0 Å². The van der Waals surface area contributed by atoms with Crippen LogP contribution in [0.15, 0.2) is 29.8 Å². The van der Waals surface area contributed by atoms with Crippen LogP contribution < -0.4 is 9.80 Å². The number of rotatable bonds is 4. The lowest BCUT2D eigenvalue weighted by molar-refractivity contribution is 0.123. The molecule has 0 radical (unpaired) electrons. The number of morpholine rings is 2. The standard InChI is InChI=1S/C20H20N4O2S2/c21-13-15(14-22)20(16-1-3-18(27-16)23-5-9-25-10-6-23)17-2-4-19(28-17)24-7-11-26-12-8-24/h1-4H,5-12H2. The molecule has 2 aromatic heterocycles. The topological polar surface area (TPSA) is 72.5 Å². The van der Waals surface area contributed by atoms with Gasteiger partial charge in [0.15, 0.2) is 0 Å². The largest absolute Gasteiger partial charge is 0.378 e. The van der Waals surface area contributed by atoms with Crippen molar-refractivity contribution in [1.82, 2.24) is 0 Å². The molecule has 2 aromatic rings. The van der Waals surface area contributed by atoms with E-state index in [0.29, 0.717) is 0 Å². The van der Waals surface area contributed by atoms with Crippen LogP contribution in [-0.4, -0.2) is 52.6 Å². The summed E-state index contributed by atoms with van der Waals surface area (Å²) < 4.78 is 10.9. The van der Waals surface area contributed by atoms with E-state index in [2.05, 4.69) is 34.1 Å². The molecule has 144 valence electrons. The molecule has 4 rings (SSSR count). The number of nitrogens with zero attached hydrogens (tertiary/aromatic N) is 4. The summed E-state index contributed by atoms with van der Waals surface area (Å²) in [5, 5.41) is 21.4. The zero-order valence-electron chi connectivity index (χ0n) is 15.4. The number of anilines is 2. The lowest BCUT2D eigenvalue weighted by atomic mass is 10.1. The zero-order valence-corrected chi connectivity index (χ0v) is 17.0.